The highest BCUT2D eigenvalue weighted by atomic mass is 16.5. The molecule has 98 valence electrons. The lowest BCUT2D eigenvalue weighted by Crippen LogP contribution is -2.33. The Labute approximate surface area is 107 Å². The van der Waals surface area contributed by atoms with Crippen LogP contribution in [0.25, 0.3) is 0 Å². The first-order valence-electron chi connectivity index (χ1n) is 6.28. The van der Waals surface area contributed by atoms with Crippen molar-refractivity contribution in [3.8, 4) is 5.75 Å². The van der Waals surface area contributed by atoms with Crippen LogP contribution >= 0.6 is 0 Å². The number of carbonyl (C=O) groups excluding carboxylic acids is 1. The Morgan fingerprint density at radius 2 is 2.17 bits per heavy atom. The standard InChI is InChI=1S/C14H19NO3/c1-17-14(16)13(15)7-8-18-12-6-5-10-3-2-4-11(10)9-12/h5-6,9,13H,2-4,7-8,15H2,1H3. The van der Waals surface area contributed by atoms with Gasteiger partial charge in [0.05, 0.1) is 13.7 Å². The SMILES string of the molecule is COC(=O)C(N)CCOc1ccc2c(c1)CCC2. The molecule has 0 aromatic heterocycles. The van der Waals surface area contributed by atoms with Crippen LogP contribution in [0.3, 0.4) is 0 Å². The molecule has 4 nitrogen and oxygen atoms in total. The molecule has 0 heterocycles. The molecule has 0 bridgehead atoms. The third-order valence-electron chi connectivity index (χ3n) is 3.27. The predicted octanol–water partition coefficient (Wildman–Crippen LogP) is 1.44. The Kier molecular flexibility index (Phi) is 4.20. The molecule has 0 saturated heterocycles. The van der Waals surface area contributed by atoms with E-state index in [2.05, 4.69) is 16.9 Å². The summed E-state index contributed by atoms with van der Waals surface area (Å²) in [5.74, 6) is 0.459. The highest BCUT2D eigenvalue weighted by Crippen LogP contribution is 2.26. The van der Waals surface area contributed by atoms with E-state index in [1.807, 2.05) is 6.07 Å². The number of aryl methyl sites for hydroxylation is 2. The van der Waals surface area contributed by atoms with Crippen LogP contribution in [0.4, 0.5) is 0 Å². The number of benzene rings is 1. The molecule has 1 aliphatic carbocycles. The minimum atomic E-state index is -0.607. The number of hydrogen-bond acceptors (Lipinski definition) is 4. The van der Waals surface area contributed by atoms with Gasteiger partial charge in [-0.05, 0) is 42.5 Å². The summed E-state index contributed by atoms with van der Waals surface area (Å²) in [6.07, 6.45) is 3.99. The number of ether oxygens (including phenoxy) is 2. The first-order chi connectivity index (χ1) is 8.70. The maximum absolute atomic E-state index is 11.1. The fraction of sp³-hybridized carbons (Fsp3) is 0.500. The maximum atomic E-state index is 11.1. The highest BCUT2D eigenvalue weighted by molar-refractivity contribution is 5.75. The second-order valence-electron chi connectivity index (χ2n) is 4.55. The van der Waals surface area contributed by atoms with Crippen molar-refractivity contribution in [2.45, 2.75) is 31.7 Å². The molecule has 4 heteroatoms. The van der Waals surface area contributed by atoms with Crippen molar-refractivity contribution in [1.29, 1.82) is 0 Å². The summed E-state index contributed by atoms with van der Waals surface area (Å²) in [6.45, 7) is 0.426. The molecule has 0 amide bonds. The van der Waals surface area contributed by atoms with Crippen LogP contribution in [0.2, 0.25) is 0 Å². The van der Waals surface area contributed by atoms with Gasteiger partial charge in [-0.1, -0.05) is 6.07 Å². The van der Waals surface area contributed by atoms with Gasteiger partial charge in [0.2, 0.25) is 0 Å². The number of hydrogen-bond donors (Lipinski definition) is 1. The van der Waals surface area contributed by atoms with Gasteiger partial charge in [0.15, 0.2) is 0 Å². The van der Waals surface area contributed by atoms with E-state index in [4.69, 9.17) is 10.5 Å². The van der Waals surface area contributed by atoms with Gasteiger partial charge in [0.25, 0.3) is 0 Å². The molecule has 0 radical (unpaired) electrons. The minimum Gasteiger partial charge on any atom is -0.494 e. The van der Waals surface area contributed by atoms with Gasteiger partial charge in [-0.15, -0.1) is 0 Å². The molecule has 2 rings (SSSR count). The lowest BCUT2D eigenvalue weighted by molar-refractivity contribution is -0.142. The zero-order valence-electron chi connectivity index (χ0n) is 10.6. The fourth-order valence-corrected chi connectivity index (χ4v) is 2.21. The molecule has 0 saturated carbocycles. The largest absolute Gasteiger partial charge is 0.494 e. The van der Waals surface area contributed by atoms with Crippen molar-refractivity contribution >= 4 is 5.97 Å². The van der Waals surface area contributed by atoms with Crippen molar-refractivity contribution in [2.75, 3.05) is 13.7 Å². The van der Waals surface area contributed by atoms with E-state index < -0.39 is 12.0 Å². The maximum Gasteiger partial charge on any atom is 0.322 e. The Bertz CT molecular complexity index is 431. The van der Waals surface area contributed by atoms with Crippen LogP contribution in [0, 0.1) is 0 Å². The van der Waals surface area contributed by atoms with Crippen molar-refractivity contribution < 1.29 is 14.3 Å². The summed E-state index contributed by atoms with van der Waals surface area (Å²) in [5, 5.41) is 0. The molecule has 1 aromatic carbocycles. The van der Waals surface area contributed by atoms with Crippen LogP contribution in [0.1, 0.15) is 24.0 Å². The van der Waals surface area contributed by atoms with E-state index in [0.29, 0.717) is 13.0 Å². The quantitative estimate of drug-likeness (QED) is 0.802. The molecule has 1 atom stereocenters. The Morgan fingerprint density at radius 1 is 1.39 bits per heavy atom. The molecule has 0 spiro atoms. The van der Waals surface area contributed by atoms with Crippen LogP contribution in [-0.4, -0.2) is 25.7 Å². The summed E-state index contributed by atoms with van der Waals surface area (Å²) in [5.41, 5.74) is 8.43. The van der Waals surface area contributed by atoms with Crippen molar-refractivity contribution in [2.24, 2.45) is 5.73 Å². The zero-order chi connectivity index (χ0) is 13.0. The third-order valence-corrected chi connectivity index (χ3v) is 3.27. The second-order valence-corrected chi connectivity index (χ2v) is 4.55. The number of fused-ring (bicyclic) bond motifs is 1. The topological polar surface area (TPSA) is 61.5 Å². The van der Waals surface area contributed by atoms with E-state index in [1.54, 1.807) is 0 Å². The van der Waals surface area contributed by atoms with Gasteiger partial charge >= 0.3 is 5.97 Å². The molecular formula is C14H19NO3. The average Bonchev–Trinajstić information content (AvgIpc) is 2.85. The van der Waals surface area contributed by atoms with Crippen LogP contribution in [-0.2, 0) is 22.4 Å². The Morgan fingerprint density at radius 3 is 2.94 bits per heavy atom. The van der Waals surface area contributed by atoms with Gasteiger partial charge in [-0.25, -0.2) is 0 Å². The molecular weight excluding hydrogens is 230 g/mol. The fourth-order valence-electron chi connectivity index (χ4n) is 2.21. The van der Waals surface area contributed by atoms with Crippen molar-refractivity contribution in [3.63, 3.8) is 0 Å². The lowest BCUT2D eigenvalue weighted by atomic mass is 10.1. The van der Waals surface area contributed by atoms with E-state index in [0.717, 1.165) is 12.2 Å². The van der Waals surface area contributed by atoms with Crippen LogP contribution in [0.15, 0.2) is 18.2 Å². The molecule has 1 aromatic rings. The molecule has 1 unspecified atom stereocenters. The number of methoxy groups -OCH3 is 1. The summed E-state index contributed by atoms with van der Waals surface area (Å²) in [7, 11) is 1.34. The molecule has 2 N–H and O–H groups in total. The van der Waals surface area contributed by atoms with Gasteiger partial charge in [0.1, 0.15) is 11.8 Å². The summed E-state index contributed by atoms with van der Waals surface area (Å²) in [6, 6.07) is 5.59. The van der Waals surface area contributed by atoms with Crippen LogP contribution in [0.5, 0.6) is 5.75 Å². The first-order valence-corrected chi connectivity index (χ1v) is 6.28. The zero-order valence-corrected chi connectivity index (χ0v) is 10.6. The number of esters is 1. The lowest BCUT2D eigenvalue weighted by Gasteiger charge is -2.11. The van der Waals surface area contributed by atoms with Gasteiger partial charge in [-0.3, -0.25) is 4.79 Å². The number of nitrogens with two attached hydrogens (primary N) is 1. The number of rotatable bonds is 5. The normalized spacial score (nSPS) is 15.0. The second kappa shape index (κ2) is 5.87. The van der Waals surface area contributed by atoms with E-state index in [1.165, 1.54) is 31.1 Å². The molecule has 18 heavy (non-hydrogen) atoms. The van der Waals surface area contributed by atoms with Gasteiger partial charge in [0, 0.05) is 6.42 Å². The monoisotopic (exact) mass is 249 g/mol. The van der Waals surface area contributed by atoms with Gasteiger partial charge < -0.3 is 15.2 Å². The van der Waals surface area contributed by atoms with E-state index in [9.17, 15) is 4.79 Å². The molecule has 1 aliphatic rings. The summed E-state index contributed by atoms with van der Waals surface area (Å²) in [4.78, 5) is 11.1. The number of carbonyl (C=O) groups is 1. The Balaban J connectivity index is 1.82. The first kappa shape index (κ1) is 12.9. The van der Waals surface area contributed by atoms with Crippen LogP contribution < -0.4 is 10.5 Å². The summed E-state index contributed by atoms with van der Waals surface area (Å²) < 4.78 is 10.2. The molecule has 0 aliphatic heterocycles. The van der Waals surface area contributed by atoms with Gasteiger partial charge in [-0.2, -0.15) is 0 Å². The summed E-state index contributed by atoms with van der Waals surface area (Å²) >= 11 is 0. The minimum absolute atomic E-state index is 0.396. The van der Waals surface area contributed by atoms with Crippen molar-refractivity contribution in [1.82, 2.24) is 0 Å². The average molecular weight is 249 g/mol. The third kappa shape index (κ3) is 3.01. The van der Waals surface area contributed by atoms with E-state index >= 15 is 0 Å². The smallest absolute Gasteiger partial charge is 0.322 e. The van der Waals surface area contributed by atoms with E-state index in [-0.39, 0.29) is 0 Å². The highest BCUT2D eigenvalue weighted by Gasteiger charge is 2.14. The Hall–Kier alpha value is -1.55. The molecule has 0 fully saturated rings. The van der Waals surface area contributed by atoms with Crippen molar-refractivity contribution in [3.05, 3.63) is 29.3 Å². The predicted molar refractivity (Wildman–Crippen MR) is 68.6 cm³/mol.